The number of rotatable bonds is 4. The van der Waals surface area contributed by atoms with E-state index in [0.29, 0.717) is 11.3 Å². The van der Waals surface area contributed by atoms with Gasteiger partial charge >= 0.3 is 0 Å². The van der Waals surface area contributed by atoms with Crippen LogP contribution in [0.5, 0.6) is 0 Å². The van der Waals surface area contributed by atoms with Gasteiger partial charge < -0.3 is 5.73 Å². The van der Waals surface area contributed by atoms with E-state index in [1.165, 1.54) is 24.0 Å². The molecule has 0 aliphatic heterocycles. The highest BCUT2D eigenvalue weighted by Gasteiger charge is 2.42. The first-order chi connectivity index (χ1) is 7.18. The first-order valence-corrected chi connectivity index (χ1v) is 5.98. The van der Waals surface area contributed by atoms with Crippen molar-refractivity contribution in [3.8, 4) is 0 Å². The van der Waals surface area contributed by atoms with Crippen molar-refractivity contribution in [1.29, 1.82) is 0 Å². The number of nitrogens with two attached hydrogens (primary N) is 1. The largest absolute Gasteiger partial charge is 0.330 e. The van der Waals surface area contributed by atoms with Crippen LogP contribution in [0.2, 0.25) is 0 Å². The molecule has 0 bridgehead atoms. The Kier molecular flexibility index (Phi) is 2.83. The molecule has 2 N–H and O–H groups in total. The van der Waals surface area contributed by atoms with E-state index in [0.717, 1.165) is 13.0 Å². The van der Waals surface area contributed by atoms with Gasteiger partial charge in [0.2, 0.25) is 0 Å². The van der Waals surface area contributed by atoms with Gasteiger partial charge in [-0.05, 0) is 48.3 Å². The second-order valence-corrected chi connectivity index (χ2v) is 5.10. The normalized spacial score (nSPS) is 18.1. The summed E-state index contributed by atoms with van der Waals surface area (Å²) >= 11 is 0. The van der Waals surface area contributed by atoms with Gasteiger partial charge in [-0.15, -0.1) is 0 Å². The molecule has 0 amide bonds. The van der Waals surface area contributed by atoms with Crippen LogP contribution in [0.15, 0.2) is 24.3 Å². The maximum atomic E-state index is 5.67. The zero-order valence-corrected chi connectivity index (χ0v) is 9.79. The molecule has 1 aliphatic rings. The minimum absolute atomic E-state index is 0.449. The molecule has 1 saturated carbocycles. The fraction of sp³-hybridized carbons (Fsp3) is 0.571. The highest BCUT2D eigenvalue weighted by Crippen LogP contribution is 2.50. The summed E-state index contributed by atoms with van der Waals surface area (Å²) in [5.41, 5.74) is 9.05. The van der Waals surface area contributed by atoms with Crippen molar-refractivity contribution in [1.82, 2.24) is 0 Å². The van der Waals surface area contributed by atoms with Crippen molar-refractivity contribution < 1.29 is 0 Å². The van der Waals surface area contributed by atoms with Crippen LogP contribution in [-0.2, 0) is 5.41 Å². The first-order valence-electron chi connectivity index (χ1n) is 5.98. The maximum Gasteiger partial charge on any atom is -0.00344 e. The summed E-state index contributed by atoms with van der Waals surface area (Å²) in [6.07, 6.45) is 3.80. The fourth-order valence-corrected chi connectivity index (χ4v) is 2.33. The van der Waals surface area contributed by atoms with Crippen LogP contribution in [0.1, 0.15) is 50.2 Å². The molecule has 2 rings (SSSR count). The van der Waals surface area contributed by atoms with Crippen molar-refractivity contribution in [3.05, 3.63) is 35.4 Å². The van der Waals surface area contributed by atoms with Crippen molar-refractivity contribution in [2.45, 2.75) is 44.4 Å². The Morgan fingerprint density at radius 3 is 2.20 bits per heavy atom. The van der Waals surface area contributed by atoms with Gasteiger partial charge in [0.25, 0.3) is 0 Å². The van der Waals surface area contributed by atoms with Crippen LogP contribution >= 0.6 is 0 Å². The highest BCUT2D eigenvalue weighted by atomic mass is 14.6. The second-order valence-electron chi connectivity index (χ2n) is 5.10. The Labute approximate surface area is 92.7 Å². The van der Waals surface area contributed by atoms with Gasteiger partial charge in [-0.25, -0.2) is 0 Å². The zero-order chi connectivity index (χ0) is 10.9. The van der Waals surface area contributed by atoms with E-state index in [1.807, 2.05) is 0 Å². The molecule has 1 aromatic rings. The molecule has 0 aromatic heterocycles. The molecule has 1 fully saturated rings. The lowest BCUT2D eigenvalue weighted by atomic mass is 9.90. The van der Waals surface area contributed by atoms with E-state index in [-0.39, 0.29) is 0 Å². The fourth-order valence-electron chi connectivity index (χ4n) is 2.33. The lowest BCUT2D eigenvalue weighted by Crippen LogP contribution is -2.13. The van der Waals surface area contributed by atoms with E-state index in [4.69, 9.17) is 5.73 Å². The van der Waals surface area contributed by atoms with E-state index in [9.17, 15) is 0 Å². The van der Waals surface area contributed by atoms with Gasteiger partial charge in [0.1, 0.15) is 0 Å². The van der Waals surface area contributed by atoms with Gasteiger partial charge in [-0.2, -0.15) is 0 Å². The van der Waals surface area contributed by atoms with Crippen molar-refractivity contribution in [2.24, 2.45) is 5.73 Å². The molecule has 0 heterocycles. The van der Waals surface area contributed by atoms with Crippen LogP contribution < -0.4 is 5.73 Å². The maximum absolute atomic E-state index is 5.67. The Balaban J connectivity index is 2.17. The molecule has 15 heavy (non-hydrogen) atoms. The third kappa shape index (κ3) is 2.07. The molecular formula is C14H21N. The Morgan fingerprint density at radius 2 is 1.80 bits per heavy atom. The summed E-state index contributed by atoms with van der Waals surface area (Å²) in [5.74, 6) is 0.628. The summed E-state index contributed by atoms with van der Waals surface area (Å²) in [6, 6.07) is 9.16. The van der Waals surface area contributed by atoms with E-state index in [1.54, 1.807) is 0 Å². The van der Waals surface area contributed by atoms with E-state index in [2.05, 4.69) is 38.1 Å². The molecule has 0 atom stereocenters. The summed E-state index contributed by atoms with van der Waals surface area (Å²) < 4.78 is 0. The van der Waals surface area contributed by atoms with Crippen LogP contribution in [0.3, 0.4) is 0 Å². The molecular weight excluding hydrogens is 182 g/mol. The minimum Gasteiger partial charge on any atom is -0.330 e. The molecule has 0 radical (unpaired) electrons. The summed E-state index contributed by atoms with van der Waals surface area (Å²) in [4.78, 5) is 0. The monoisotopic (exact) mass is 203 g/mol. The standard InChI is InChI=1S/C14H21N/c1-11(2)12-3-5-13(6-4-12)14(7-8-14)9-10-15/h3-6,11H,7-10,15H2,1-2H3. The number of benzene rings is 1. The molecule has 82 valence electrons. The van der Waals surface area contributed by atoms with Gasteiger partial charge in [0, 0.05) is 0 Å². The van der Waals surface area contributed by atoms with Crippen LogP contribution in [0, 0.1) is 0 Å². The average Bonchev–Trinajstić information content (AvgIpc) is 3.00. The van der Waals surface area contributed by atoms with Gasteiger partial charge in [-0.1, -0.05) is 38.1 Å². The number of hydrogen-bond donors (Lipinski definition) is 1. The Hall–Kier alpha value is -0.820. The molecule has 1 aromatic carbocycles. The number of hydrogen-bond acceptors (Lipinski definition) is 1. The van der Waals surface area contributed by atoms with Gasteiger partial charge in [0.05, 0.1) is 0 Å². The van der Waals surface area contributed by atoms with Crippen LogP contribution in [-0.4, -0.2) is 6.54 Å². The van der Waals surface area contributed by atoms with Crippen molar-refractivity contribution >= 4 is 0 Å². The third-order valence-corrected chi connectivity index (χ3v) is 3.67. The first kappa shape index (κ1) is 10.7. The van der Waals surface area contributed by atoms with E-state index >= 15 is 0 Å². The SMILES string of the molecule is CC(C)c1ccc(C2(CCN)CC2)cc1. The van der Waals surface area contributed by atoms with Crippen molar-refractivity contribution in [3.63, 3.8) is 0 Å². The van der Waals surface area contributed by atoms with Crippen molar-refractivity contribution in [2.75, 3.05) is 6.54 Å². The molecule has 1 heteroatoms. The highest BCUT2D eigenvalue weighted by molar-refractivity contribution is 5.34. The topological polar surface area (TPSA) is 26.0 Å². The van der Waals surface area contributed by atoms with E-state index < -0.39 is 0 Å². The van der Waals surface area contributed by atoms with Crippen LogP contribution in [0.25, 0.3) is 0 Å². The predicted molar refractivity (Wildman–Crippen MR) is 65.1 cm³/mol. The lowest BCUT2D eigenvalue weighted by Gasteiger charge is -2.15. The molecule has 0 unspecified atom stereocenters. The minimum atomic E-state index is 0.449. The summed E-state index contributed by atoms with van der Waals surface area (Å²) in [5, 5.41) is 0. The molecule has 1 aliphatic carbocycles. The zero-order valence-electron chi connectivity index (χ0n) is 9.79. The average molecular weight is 203 g/mol. The molecule has 1 nitrogen and oxygen atoms in total. The lowest BCUT2D eigenvalue weighted by molar-refractivity contribution is 0.628. The Morgan fingerprint density at radius 1 is 1.20 bits per heavy atom. The molecule has 0 saturated heterocycles. The Bertz CT molecular complexity index is 320. The van der Waals surface area contributed by atoms with Gasteiger partial charge in [-0.3, -0.25) is 0 Å². The summed E-state index contributed by atoms with van der Waals surface area (Å²) in [7, 11) is 0. The smallest absolute Gasteiger partial charge is 0.00344 e. The molecule has 0 spiro atoms. The second kappa shape index (κ2) is 3.97. The third-order valence-electron chi connectivity index (χ3n) is 3.67. The van der Waals surface area contributed by atoms with Crippen LogP contribution in [0.4, 0.5) is 0 Å². The quantitative estimate of drug-likeness (QED) is 0.799. The summed E-state index contributed by atoms with van der Waals surface area (Å²) in [6.45, 7) is 5.29. The predicted octanol–water partition coefficient (Wildman–Crippen LogP) is 3.19. The van der Waals surface area contributed by atoms with Gasteiger partial charge in [0.15, 0.2) is 0 Å².